The molecule has 2 heteroatoms. The molecule has 70 heavy (non-hydrogen) atoms. The van der Waals surface area contributed by atoms with Crippen LogP contribution < -0.4 is 4.90 Å². The Bertz CT molecular complexity index is 3860. The fraction of sp³-hybridized carbons (Fsp3) is 0.0294. The third-order valence-corrected chi connectivity index (χ3v) is 15.8. The van der Waals surface area contributed by atoms with Crippen LogP contribution in [0.3, 0.4) is 0 Å². The number of anilines is 3. The van der Waals surface area contributed by atoms with Crippen LogP contribution in [0.4, 0.5) is 17.1 Å². The van der Waals surface area contributed by atoms with Crippen LogP contribution in [0.2, 0.25) is 0 Å². The number of nitrogens with zero attached hydrogens (tertiary/aromatic N) is 1. The zero-order chi connectivity index (χ0) is 46.0. The predicted octanol–water partition coefficient (Wildman–Crippen LogP) is 17.4. The topological polar surface area (TPSA) is 16.4 Å². The lowest BCUT2D eigenvalue weighted by molar-refractivity contribution is 0.670. The SMILES string of the molecule is c1ccc(C2(c3ccccc3)c3ccccc3-c3ccc(N(c4ccc(-c5cccc6c5oc5ccccc56)cc4)c4ccc5c(c4)C4(c6ccccc6-c6ccccc64)c4ccccc4-5)cc32)cc1. The minimum Gasteiger partial charge on any atom is -0.455 e. The van der Waals surface area contributed by atoms with Gasteiger partial charge in [-0.05, 0) is 126 Å². The predicted molar refractivity (Wildman–Crippen MR) is 287 cm³/mol. The third kappa shape index (κ3) is 5.17. The summed E-state index contributed by atoms with van der Waals surface area (Å²) in [5.74, 6) is 0. The largest absolute Gasteiger partial charge is 0.455 e. The Balaban J connectivity index is 0.982. The van der Waals surface area contributed by atoms with E-state index in [4.69, 9.17) is 4.42 Å². The summed E-state index contributed by atoms with van der Waals surface area (Å²) in [6.07, 6.45) is 0. The monoisotopic (exact) mass is 889 g/mol. The average molecular weight is 890 g/mol. The number of benzene rings is 11. The molecule has 0 atom stereocenters. The van der Waals surface area contributed by atoms with Crippen LogP contribution in [0, 0.1) is 0 Å². The van der Waals surface area contributed by atoms with Gasteiger partial charge in [0.25, 0.3) is 0 Å². The van der Waals surface area contributed by atoms with E-state index in [2.05, 4.69) is 260 Å². The van der Waals surface area contributed by atoms with Crippen LogP contribution in [0.25, 0.3) is 66.4 Å². The molecule has 3 aliphatic rings. The van der Waals surface area contributed by atoms with Gasteiger partial charge in [-0.3, -0.25) is 0 Å². The fourth-order valence-corrected chi connectivity index (χ4v) is 13.0. The van der Waals surface area contributed by atoms with Gasteiger partial charge in [0.2, 0.25) is 0 Å². The molecular weight excluding hydrogens is 847 g/mol. The standard InChI is InChI=1S/C68H43NO/c1-3-18-45(19-4-1)67(46-20-5-2-6-21-46)59-29-12-7-24-53(59)55-40-38-48(42-63(55)67)69(47-36-34-44(35-37-47)50-27-17-28-58-57-26-11-16-33-65(57)70-66(50)58)49-39-41-56-54-25-10-15-32-62(54)68(64(56)43-49)60-30-13-8-22-51(60)52-23-9-14-31-61(52)68/h1-43H. The van der Waals surface area contributed by atoms with E-state index in [1.807, 2.05) is 6.07 Å². The molecule has 1 spiro atoms. The van der Waals surface area contributed by atoms with Crippen molar-refractivity contribution in [1.29, 1.82) is 0 Å². The molecular formula is C68H43NO. The highest BCUT2D eigenvalue weighted by Gasteiger charge is 2.52. The van der Waals surface area contributed by atoms with Crippen molar-refractivity contribution in [2.75, 3.05) is 4.90 Å². The number of hydrogen-bond donors (Lipinski definition) is 0. The molecule has 2 nitrogen and oxygen atoms in total. The molecule has 1 aromatic heterocycles. The van der Waals surface area contributed by atoms with Crippen molar-refractivity contribution in [3.05, 3.63) is 305 Å². The van der Waals surface area contributed by atoms with Gasteiger partial charge in [0.05, 0.1) is 10.8 Å². The van der Waals surface area contributed by atoms with E-state index in [-0.39, 0.29) is 0 Å². The van der Waals surface area contributed by atoms with Crippen LogP contribution in [0.1, 0.15) is 44.5 Å². The average Bonchev–Trinajstić information content (AvgIpc) is 4.14. The zero-order valence-corrected chi connectivity index (χ0v) is 38.2. The molecule has 0 bridgehead atoms. The molecule has 0 saturated heterocycles. The summed E-state index contributed by atoms with van der Waals surface area (Å²) in [6.45, 7) is 0. The van der Waals surface area contributed by atoms with Crippen molar-refractivity contribution < 1.29 is 4.42 Å². The minimum atomic E-state index is -0.549. The van der Waals surface area contributed by atoms with E-state index in [0.717, 1.165) is 50.1 Å². The van der Waals surface area contributed by atoms with E-state index in [9.17, 15) is 0 Å². The smallest absolute Gasteiger partial charge is 0.143 e. The highest BCUT2D eigenvalue weighted by Crippen LogP contribution is 2.64. The number of furan rings is 1. The van der Waals surface area contributed by atoms with E-state index in [0.29, 0.717) is 0 Å². The van der Waals surface area contributed by atoms with Gasteiger partial charge in [0, 0.05) is 33.4 Å². The number of hydrogen-bond acceptors (Lipinski definition) is 2. The van der Waals surface area contributed by atoms with E-state index in [1.54, 1.807) is 0 Å². The first-order valence-corrected chi connectivity index (χ1v) is 24.3. The normalized spacial score (nSPS) is 13.9. The van der Waals surface area contributed by atoms with Gasteiger partial charge in [0.15, 0.2) is 0 Å². The second kappa shape index (κ2) is 14.8. The summed E-state index contributed by atoms with van der Waals surface area (Å²) in [5, 5.41) is 2.26. The molecule has 0 amide bonds. The lowest BCUT2D eigenvalue weighted by atomic mass is 9.67. The van der Waals surface area contributed by atoms with Crippen molar-refractivity contribution in [3.8, 4) is 44.5 Å². The molecule has 11 aromatic carbocycles. The van der Waals surface area contributed by atoms with Crippen LogP contribution in [-0.4, -0.2) is 0 Å². The maximum atomic E-state index is 6.57. The number of fused-ring (bicyclic) bond motifs is 16. The number of rotatable bonds is 6. The number of para-hydroxylation sites is 2. The highest BCUT2D eigenvalue weighted by atomic mass is 16.3. The Morgan fingerprint density at radius 3 is 1.21 bits per heavy atom. The van der Waals surface area contributed by atoms with E-state index in [1.165, 1.54) is 77.9 Å². The zero-order valence-electron chi connectivity index (χ0n) is 38.2. The van der Waals surface area contributed by atoms with Gasteiger partial charge in [-0.25, -0.2) is 0 Å². The molecule has 0 saturated carbocycles. The van der Waals surface area contributed by atoms with Gasteiger partial charge < -0.3 is 9.32 Å². The second-order valence-corrected chi connectivity index (χ2v) is 19.0. The van der Waals surface area contributed by atoms with Crippen molar-refractivity contribution >= 4 is 39.0 Å². The first kappa shape index (κ1) is 39.1. The van der Waals surface area contributed by atoms with Crippen LogP contribution in [0.15, 0.2) is 265 Å². The molecule has 326 valence electrons. The van der Waals surface area contributed by atoms with E-state index < -0.39 is 10.8 Å². The fourth-order valence-electron chi connectivity index (χ4n) is 13.0. The quantitative estimate of drug-likeness (QED) is 0.165. The molecule has 0 radical (unpaired) electrons. The second-order valence-electron chi connectivity index (χ2n) is 19.0. The lowest BCUT2D eigenvalue weighted by Gasteiger charge is -2.35. The first-order chi connectivity index (χ1) is 34.7. The van der Waals surface area contributed by atoms with Gasteiger partial charge >= 0.3 is 0 Å². The molecule has 0 unspecified atom stereocenters. The van der Waals surface area contributed by atoms with E-state index >= 15 is 0 Å². The summed E-state index contributed by atoms with van der Waals surface area (Å²) < 4.78 is 6.57. The maximum absolute atomic E-state index is 6.57. The molecule has 0 aliphatic heterocycles. The first-order valence-electron chi connectivity index (χ1n) is 24.3. The molecule has 15 rings (SSSR count). The summed E-state index contributed by atoms with van der Waals surface area (Å²) in [4.78, 5) is 2.49. The third-order valence-electron chi connectivity index (χ3n) is 15.8. The lowest BCUT2D eigenvalue weighted by Crippen LogP contribution is -2.28. The van der Waals surface area contributed by atoms with Gasteiger partial charge in [0.1, 0.15) is 11.2 Å². The Hall–Kier alpha value is -8.98. The maximum Gasteiger partial charge on any atom is 0.143 e. The molecule has 1 heterocycles. The molecule has 0 fully saturated rings. The molecule has 12 aromatic rings. The summed E-state index contributed by atoms with van der Waals surface area (Å²) in [5.41, 5.74) is 24.3. The van der Waals surface area contributed by atoms with Crippen LogP contribution >= 0.6 is 0 Å². The van der Waals surface area contributed by atoms with Gasteiger partial charge in [-0.2, -0.15) is 0 Å². The minimum absolute atomic E-state index is 0.481. The highest BCUT2D eigenvalue weighted by molar-refractivity contribution is 6.09. The summed E-state index contributed by atoms with van der Waals surface area (Å²) in [7, 11) is 0. The van der Waals surface area contributed by atoms with Crippen molar-refractivity contribution in [2.24, 2.45) is 0 Å². The van der Waals surface area contributed by atoms with Gasteiger partial charge in [-0.15, -0.1) is 0 Å². The van der Waals surface area contributed by atoms with Gasteiger partial charge in [-0.1, -0.05) is 218 Å². The molecule has 3 aliphatic carbocycles. The Morgan fingerprint density at radius 1 is 0.271 bits per heavy atom. The van der Waals surface area contributed by atoms with Crippen molar-refractivity contribution in [1.82, 2.24) is 0 Å². The summed E-state index contributed by atoms with van der Waals surface area (Å²) in [6, 6.07) is 96.8. The van der Waals surface area contributed by atoms with Crippen LogP contribution in [-0.2, 0) is 10.8 Å². The Kier molecular flexibility index (Phi) is 8.24. The Labute approximate surface area is 407 Å². The van der Waals surface area contributed by atoms with Crippen LogP contribution in [0.5, 0.6) is 0 Å². The Morgan fingerprint density at radius 2 is 0.671 bits per heavy atom. The summed E-state index contributed by atoms with van der Waals surface area (Å²) >= 11 is 0. The molecule has 0 N–H and O–H groups in total. The van der Waals surface area contributed by atoms with Crippen molar-refractivity contribution in [3.63, 3.8) is 0 Å². The van der Waals surface area contributed by atoms with Crippen molar-refractivity contribution in [2.45, 2.75) is 10.8 Å².